The average Bonchev–Trinajstić information content (AvgIpc) is 2.78. The van der Waals surface area contributed by atoms with E-state index in [2.05, 4.69) is 15.3 Å². The lowest BCUT2D eigenvalue weighted by Crippen LogP contribution is -2.47. The van der Waals surface area contributed by atoms with E-state index in [1.165, 1.54) is 6.20 Å². The number of aromatic nitrogens is 2. The Morgan fingerprint density at radius 3 is 2.65 bits per heavy atom. The molecule has 1 aromatic rings. The molecule has 2 amide bonds. The van der Waals surface area contributed by atoms with Crippen LogP contribution < -0.4 is 5.32 Å². The zero-order valence-electron chi connectivity index (χ0n) is 10.3. The number of carboxylic acids is 1. The maximum absolute atomic E-state index is 12.2. The van der Waals surface area contributed by atoms with Crippen molar-refractivity contribution in [1.82, 2.24) is 20.2 Å². The molecule has 0 saturated carbocycles. The molecule has 0 bridgehead atoms. The number of H-pyrrole nitrogens is 1. The van der Waals surface area contributed by atoms with Crippen LogP contribution in [0, 0.1) is 0 Å². The number of carbonyl (C=O) groups is 2. The number of nitrogens with one attached hydrogen (secondary N) is 2. The number of urea groups is 1. The second-order valence-corrected chi connectivity index (χ2v) is 3.88. The Balaban J connectivity index is 2.47. The van der Waals surface area contributed by atoms with Crippen molar-refractivity contribution in [1.29, 1.82) is 0 Å². The average molecular weight is 294 g/mol. The van der Waals surface area contributed by atoms with Gasteiger partial charge in [-0.05, 0) is 0 Å². The second kappa shape index (κ2) is 6.78. The molecule has 3 N–H and O–H groups in total. The van der Waals surface area contributed by atoms with Gasteiger partial charge in [-0.15, -0.1) is 0 Å². The van der Waals surface area contributed by atoms with E-state index in [1.54, 1.807) is 6.20 Å². The molecule has 0 aliphatic carbocycles. The van der Waals surface area contributed by atoms with E-state index < -0.39 is 31.3 Å². The lowest BCUT2D eigenvalue weighted by atomic mass is 10.4. The molecule has 10 heteroatoms. The van der Waals surface area contributed by atoms with Gasteiger partial charge in [0.15, 0.2) is 0 Å². The number of carboxylic acid groups (broad SMARTS) is 1. The van der Waals surface area contributed by atoms with Gasteiger partial charge < -0.3 is 20.3 Å². The first-order valence-corrected chi connectivity index (χ1v) is 5.57. The highest BCUT2D eigenvalue weighted by Crippen LogP contribution is 2.16. The minimum absolute atomic E-state index is 0.0420. The summed E-state index contributed by atoms with van der Waals surface area (Å²) >= 11 is 0. The van der Waals surface area contributed by atoms with E-state index in [-0.39, 0.29) is 11.4 Å². The highest BCUT2D eigenvalue weighted by atomic mass is 19.4. The van der Waals surface area contributed by atoms with E-state index in [9.17, 15) is 22.8 Å². The fourth-order valence-electron chi connectivity index (χ4n) is 1.41. The van der Waals surface area contributed by atoms with Gasteiger partial charge in [0.2, 0.25) is 0 Å². The zero-order valence-corrected chi connectivity index (χ0v) is 10.3. The first-order chi connectivity index (χ1) is 9.28. The van der Waals surface area contributed by atoms with Crippen molar-refractivity contribution in [2.75, 3.05) is 19.6 Å². The fourth-order valence-corrected chi connectivity index (χ4v) is 1.41. The predicted molar refractivity (Wildman–Crippen MR) is 61.0 cm³/mol. The lowest BCUT2D eigenvalue weighted by Gasteiger charge is -2.22. The topological polar surface area (TPSA) is 98.3 Å². The molecule has 0 fully saturated rings. The number of halogens is 3. The van der Waals surface area contributed by atoms with Crippen LogP contribution in [0.5, 0.6) is 0 Å². The predicted octanol–water partition coefficient (Wildman–Crippen LogP) is 0.611. The van der Waals surface area contributed by atoms with E-state index >= 15 is 0 Å². The van der Waals surface area contributed by atoms with Gasteiger partial charge in [0.25, 0.3) is 0 Å². The first-order valence-electron chi connectivity index (χ1n) is 5.57. The number of hydrogen-bond donors (Lipinski definition) is 3. The van der Waals surface area contributed by atoms with Crippen LogP contribution in [0.1, 0.15) is 5.82 Å². The number of imidazole rings is 1. The summed E-state index contributed by atoms with van der Waals surface area (Å²) in [7, 11) is 0. The molecule has 0 radical (unpaired) electrons. The molecule has 20 heavy (non-hydrogen) atoms. The zero-order chi connectivity index (χ0) is 15.2. The Hall–Kier alpha value is -2.26. The molecule has 1 rings (SSSR count). The Bertz CT molecular complexity index is 447. The summed E-state index contributed by atoms with van der Waals surface area (Å²) in [5.41, 5.74) is 0. The number of carbonyl (C=O) groups excluding carboxylic acids is 1. The first kappa shape index (κ1) is 15.8. The number of alkyl halides is 3. The van der Waals surface area contributed by atoms with Crippen LogP contribution in [0.3, 0.4) is 0 Å². The third-order valence-electron chi connectivity index (χ3n) is 2.18. The Labute approximate surface area is 111 Å². The minimum Gasteiger partial charge on any atom is -0.480 e. The standard InChI is InChI=1S/C10H13F3N4O3/c11-10(12,13)6-17(5-8(18)19)9(20)16-2-1-7-14-3-4-15-7/h3-4H,1-2,5-6H2,(H,14,15)(H,16,20)(H,18,19). The number of hydrogen-bond acceptors (Lipinski definition) is 3. The number of rotatable bonds is 6. The van der Waals surface area contributed by atoms with Crippen LogP contribution in [0.4, 0.5) is 18.0 Å². The van der Waals surface area contributed by atoms with E-state index in [1.807, 2.05) is 0 Å². The van der Waals surface area contributed by atoms with Crippen molar-refractivity contribution >= 4 is 12.0 Å². The second-order valence-electron chi connectivity index (χ2n) is 3.88. The summed E-state index contributed by atoms with van der Waals surface area (Å²) in [5, 5.41) is 10.7. The van der Waals surface area contributed by atoms with Crippen LogP contribution >= 0.6 is 0 Å². The molecule has 0 aliphatic rings. The molecule has 0 atom stereocenters. The quantitative estimate of drug-likeness (QED) is 0.716. The number of aromatic amines is 1. The number of nitrogens with zero attached hydrogens (tertiary/aromatic N) is 2. The van der Waals surface area contributed by atoms with Crippen molar-refractivity contribution < 1.29 is 27.9 Å². The van der Waals surface area contributed by atoms with Crippen LogP contribution in [0.25, 0.3) is 0 Å². The maximum atomic E-state index is 12.2. The summed E-state index contributed by atoms with van der Waals surface area (Å²) in [5.74, 6) is -0.957. The van der Waals surface area contributed by atoms with Crippen LogP contribution in [-0.4, -0.2) is 57.8 Å². The summed E-state index contributed by atoms with van der Waals surface area (Å²) in [6.45, 7) is -2.60. The molecule has 112 valence electrons. The van der Waals surface area contributed by atoms with E-state index in [0.717, 1.165) is 0 Å². The fraction of sp³-hybridized carbons (Fsp3) is 0.500. The van der Waals surface area contributed by atoms with Crippen molar-refractivity contribution in [2.45, 2.75) is 12.6 Å². The Morgan fingerprint density at radius 2 is 2.15 bits per heavy atom. The number of amides is 2. The third-order valence-corrected chi connectivity index (χ3v) is 2.18. The Kier molecular flexibility index (Phi) is 5.35. The monoisotopic (exact) mass is 294 g/mol. The smallest absolute Gasteiger partial charge is 0.406 e. The molecule has 7 nitrogen and oxygen atoms in total. The highest BCUT2D eigenvalue weighted by molar-refractivity contribution is 5.80. The SMILES string of the molecule is O=C(O)CN(CC(F)(F)F)C(=O)NCCc1ncc[nH]1. The molecular weight excluding hydrogens is 281 g/mol. The van der Waals surface area contributed by atoms with E-state index in [4.69, 9.17) is 5.11 Å². The van der Waals surface area contributed by atoms with Gasteiger partial charge in [0.05, 0.1) is 0 Å². The maximum Gasteiger partial charge on any atom is 0.406 e. The summed E-state index contributed by atoms with van der Waals surface area (Å²) in [6.07, 6.45) is -1.30. The van der Waals surface area contributed by atoms with Crippen molar-refractivity contribution in [3.05, 3.63) is 18.2 Å². The number of aliphatic carboxylic acids is 1. The van der Waals surface area contributed by atoms with Crippen molar-refractivity contribution in [3.8, 4) is 0 Å². The summed E-state index contributed by atoms with van der Waals surface area (Å²) < 4.78 is 36.7. The minimum atomic E-state index is -4.66. The normalized spacial score (nSPS) is 11.2. The van der Waals surface area contributed by atoms with Crippen molar-refractivity contribution in [3.63, 3.8) is 0 Å². The van der Waals surface area contributed by atoms with E-state index in [0.29, 0.717) is 12.2 Å². The molecule has 1 aromatic heterocycles. The molecule has 0 unspecified atom stereocenters. The van der Waals surface area contributed by atoms with Gasteiger partial charge in [0.1, 0.15) is 18.9 Å². The molecule has 0 saturated heterocycles. The van der Waals surface area contributed by atoms with Crippen LogP contribution in [0.15, 0.2) is 12.4 Å². The van der Waals surface area contributed by atoms with Gasteiger partial charge in [-0.2, -0.15) is 13.2 Å². The highest BCUT2D eigenvalue weighted by Gasteiger charge is 2.33. The largest absolute Gasteiger partial charge is 0.480 e. The summed E-state index contributed by atoms with van der Waals surface area (Å²) in [6, 6.07) is -1.09. The van der Waals surface area contributed by atoms with Crippen molar-refractivity contribution in [2.24, 2.45) is 0 Å². The van der Waals surface area contributed by atoms with Gasteiger partial charge in [-0.1, -0.05) is 0 Å². The van der Waals surface area contributed by atoms with Gasteiger partial charge in [-0.25, -0.2) is 9.78 Å². The molecule has 0 aliphatic heterocycles. The summed E-state index contributed by atoms with van der Waals surface area (Å²) in [4.78, 5) is 28.8. The van der Waals surface area contributed by atoms with Crippen LogP contribution in [0.2, 0.25) is 0 Å². The third kappa shape index (κ3) is 6.07. The molecule has 1 heterocycles. The molecule has 0 aromatic carbocycles. The molecular formula is C10H13F3N4O3. The van der Waals surface area contributed by atoms with Gasteiger partial charge in [0, 0.05) is 25.4 Å². The Morgan fingerprint density at radius 1 is 1.45 bits per heavy atom. The van der Waals surface area contributed by atoms with Gasteiger partial charge in [-0.3, -0.25) is 4.79 Å². The molecule has 0 spiro atoms. The lowest BCUT2D eigenvalue weighted by molar-refractivity contribution is -0.148. The van der Waals surface area contributed by atoms with Crippen LogP contribution in [-0.2, 0) is 11.2 Å². The van der Waals surface area contributed by atoms with Gasteiger partial charge >= 0.3 is 18.2 Å².